The number of carbonyl (C=O) groups is 3. The fourth-order valence-electron chi connectivity index (χ4n) is 3.42. The van der Waals surface area contributed by atoms with Gasteiger partial charge in [-0.2, -0.15) is 5.10 Å². The molecular weight excluding hydrogens is 450 g/mol. The zero-order valence-corrected chi connectivity index (χ0v) is 19.8. The number of nitrogens with zero attached hydrogens (tertiary/aromatic N) is 2. The summed E-state index contributed by atoms with van der Waals surface area (Å²) in [5, 5.41) is 12.3. The highest BCUT2D eigenvalue weighted by molar-refractivity contribution is 6.35. The minimum atomic E-state index is -0.558. The molecule has 1 aromatic carbocycles. The van der Waals surface area contributed by atoms with Gasteiger partial charge in [-0.15, -0.1) is 0 Å². The quantitative estimate of drug-likeness (QED) is 0.605. The number of anilines is 1. The van der Waals surface area contributed by atoms with Gasteiger partial charge in [0.2, 0.25) is 0 Å². The molecule has 3 amide bonds. The summed E-state index contributed by atoms with van der Waals surface area (Å²) in [7, 11) is 1.44. The number of H-pyrrole nitrogens is 1. The summed E-state index contributed by atoms with van der Waals surface area (Å²) < 4.78 is 10.6. The Morgan fingerprint density at radius 1 is 1.18 bits per heavy atom. The van der Waals surface area contributed by atoms with Crippen LogP contribution in [0.25, 0.3) is 0 Å². The molecule has 3 rings (SSSR count). The number of benzene rings is 1. The molecule has 1 aliphatic heterocycles. The second kappa shape index (κ2) is 10.1. The molecule has 1 fully saturated rings. The van der Waals surface area contributed by atoms with Crippen LogP contribution in [0.2, 0.25) is 5.02 Å². The maximum absolute atomic E-state index is 12.8. The summed E-state index contributed by atoms with van der Waals surface area (Å²) in [5.74, 6) is -0.630. The lowest BCUT2D eigenvalue weighted by atomic mass is 10.1. The van der Waals surface area contributed by atoms with Crippen molar-refractivity contribution in [3.63, 3.8) is 0 Å². The molecule has 178 valence electrons. The van der Waals surface area contributed by atoms with E-state index < -0.39 is 17.4 Å². The first-order valence-corrected chi connectivity index (χ1v) is 10.9. The molecule has 10 nitrogen and oxygen atoms in total. The molecule has 1 saturated heterocycles. The van der Waals surface area contributed by atoms with E-state index >= 15 is 0 Å². The summed E-state index contributed by atoms with van der Waals surface area (Å²) in [4.78, 5) is 39.4. The second-order valence-electron chi connectivity index (χ2n) is 8.65. The molecule has 3 N–H and O–H groups in total. The fraction of sp³-hybridized carbons (Fsp3) is 0.455. The third kappa shape index (κ3) is 6.16. The first-order valence-electron chi connectivity index (χ1n) is 10.5. The summed E-state index contributed by atoms with van der Waals surface area (Å²) in [6.07, 6.45) is 2.15. The van der Waals surface area contributed by atoms with Crippen LogP contribution in [0, 0.1) is 0 Å². The summed E-state index contributed by atoms with van der Waals surface area (Å²) >= 11 is 6.16. The predicted octanol–water partition coefficient (Wildman–Crippen LogP) is 3.45. The van der Waals surface area contributed by atoms with Crippen LogP contribution in [0.1, 0.15) is 54.5 Å². The molecule has 0 aliphatic carbocycles. The van der Waals surface area contributed by atoms with Crippen molar-refractivity contribution in [2.75, 3.05) is 25.5 Å². The zero-order chi connectivity index (χ0) is 24.2. The van der Waals surface area contributed by atoms with E-state index in [2.05, 4.69) is 20.8 Å². The Hall–Kier alpha value is -3.27. The average molecular weight is 478 g/mol. The molecule has 2 aromatic rings. The molecule has 2 heterocycles. The van der Waals surface area contributed by atoms with Crippen LogP contribution in [-0.2, 0) is 4.74 Å². The predicted molar refractivity (Wildman–Crippen MR) is 123 cm³/mol. The molecule has 11 heteroatoms. The lowest BCUT2D eigenvalue weighted by Crippen LogP contribution is -2.47. The molecule has 33 heavy (non-hydrogen) atoms. The zero-order valence-electron chi connectivity index (χ0n) is 19.0. The van der Waals surface area contributed by atoms with Crippen LogP contribution < -0.4 is 15.4 Å². The van der Waals surface area contributed by atoms with Crippen LogP contribution in [0.3, 0.4) is 0 Å². The van der Waals surface area contributed by atoms with Gasteiger partial charge >= 0.3 is 6.09 Å². The largest absolute Gasteiger partial charge is 0.496 e. The van der Waals surface area contributed by atoms with Crippen molar-refractivity contribution >= 4 is 35.2 Å². The number of carbonyl (C=O) groups excluding carboxylic acids is 3. The van der Waals surface area contributed by atoms with Gasteiger partial charge in [0.15, 0.2) is 0 Å². The Kier molecular flexibility index (Phi) is 7.47. The Morgan fingerprint density at radius 2 is 1.88 bits per heavy atom. The van der Waals surface area contributed by atoms with Gasteiger partial charge in [0.25, 0.3) is 11.8 Å². The van der Waals surface area contributed by atoms with E-state index in [-0.39, 0.29) is 34.1 Å². The van der Waals surface area contributed by atoms with Crippen molar-refractivity contribution in [3.05, 3.63) is 40.7 Å². The van der Waals surface area contributed by atoms with Gasteiger partial charge in [0.1, 0.15) is 22.6 Å². The maximum Gasteiger partial charge on any atom is 0.410 e. The van der Waals surface area contributed by atoms with Gasteiger partial charge in [-0.3, -0.25) is 14.7 Å². The number of halogens is 1. The molecular formula is C22H28ClN5O5. The number of hydrogen-bond donors (Lipinski definition) is 3. The van der Waals surface area contributed by atoms with Crippen molar-refractivity contribution < 1.29 is 23.9 Å². The number of aromatic amines is 1. The number of piperidine rings is 1. The number of methoxy groups -OCH3 is 1. The number of hydrogen-bond acceptors (Lipinski definition) is 6. The van der Waals surface area contributed by atoms with Crippen molar-refractivity contribution in [2.45, 2.75) is 45.3 Å². The second-order valence-corrected chi connectivity index (χ2v) is 9.05. The van der Waals surface area contributed by atoms with Crippen LogP contribution in [0.5, 0.6) is 5.75 Å². The SMILES string of the molecule is COc1cccc(Cl)c1C(=O)Nc1cn[nH]c1C(=O)NC1CCN(C(=O)OC(C)(C)C)CC1. The first-order chi connectivity index (χ1) is 15.6. The van der Waals surface area contributed by atoms with E-state index in [4.69, 9.17) is 21.1 Å². The van der Waals surface area contributed by atoms with E-state index in [9.17, 15) is 14.4 Å². The normalized spacial score (nSPS) is 14.5. The molecule has 0 bridgehead atoms. The maximum atomic E-state index is 12.8. The Bertz CT molecular complexity index is 1020. The van der Waals surface area contributed by atoms with Gasteiger partial charge in [0, 0.05) is 19.1 Å². The van der Waals surface area contributed by atoms with E-state index in [0.29, 0.717) is 31.7 Å². The van der Waals surface area contributed by atoms with E-state index in [1.165, 1.54) is 13.3 Å². The molecule has 0 spiro atoms. The van der Waals surface area contributed by atoms with Gasteiger partial charge in [-0.1, -0.05) is 17.7 Å². The van der Waals surface area contributed by atoms with Crippen LogP contribution in [0.4, 0.5) is 10.5 Å². The van der Waals surface area contributed by atoms with Crippen LogP contribution in [0.15, 0.2) is 24.4 Å². The average Bonchev–Trinajstić information content (AvgIpc) is 3.20. The smallest absolute Gasteiger partial charge is 0.410 e. The van der Waals surface area contributed by atoms with Crippen molar-refractivity contribution in [1.29, 1.82) is 0 Å². The minimum absolute atomic E-state index is 0.115. The summed E-state index contributed by atoms with van der Waals surface area (Å²) in [6, 6.07) is 4.73. The number of likely N-dealkylation sites (tertiary alicyclic amines) is 1. The Balaban J connectivity index is 1.60. The summed E-state index contributed by atoms with van der Waals surface area (Å²) in [5.41, 5.74) is -0.0734. The Morgan fingerprint density at radius 3 is 2.52 bits per heavy atom. The molecule has 1 aromatic heterocycles. The third-order valence-corrected chi connectivity index (χ3v) is 5.33. The standard InChI is InChI=1S/C22H28ClN5O5/c1-22(2,3)33-21(31)28-10-8-13(9-11-28)25-20(30)18-15(12-24-27-18)26-19(29)17-14(23)6-5-7-16(17)32-4/h5-7,12-13H,8-11H2,1-4H3,(H,24,27)(H,25,30)(H,26,29). The lowest BCUT2D eigenvalue weighted by molar-refractivity contribution is 0.0199. The summed E-state index contributed by atoms with van der Waals surface area (Å²) in [6.45, 7) is 6.40. The van der Waals surface area contributed by atoms with Crippen LogP contribution in [-0.4, -0.2) is 64.8 Å². The van der Waals surface area contributed by atoms with Crippen molar-refractivity contribution in [2.24, 2.45) is 0 Å². The molecule has 1 aliphatic rings. The van der Waals surface area contributed by atoms with Crippen molar-refractivity contribution in [1.82, 2.24) is 20.4 Å². The van der Waals surface area contributed by atoms with Gasteiger partial charge in [-0.25, -0.2) is 4.79 Å². The topological polar surface area (TPSA) is 126 Å². The number of amides is 3. The molecule has 0 unspecified atom stereocenters. The third-order valence-electron chi connectivity index (χ3n) is 5.02. The minimum Gasteiger partial charge on any atom is -0.496 e. The number of aromatic nitrogens is 2. The van der Waals surface area contributed by atoms with E-state index in [1.807, 2.05) is 20.8 Å². The lowest BCUT2D eigenvalue weighted by Gasteiger charge is -2.33. The first kappa shape index (κ1) is 24.4. The highest BCUT2D eigenvalue weighted by atomic mass is 35.5. The van der Waals surface area contributed by atoms with E-state index in [1.54, 1.807) is 23.1 Å². The molecule has 0 radical (unpaired) electrons. The Labute approximate surface area is 196 Å². The number of nitrogens with one attached hydrogen (secondary N) is 3. The monoisotopic (exact) mass is 477 g/mol. The van der Waals surface area contributed by atoms with Crippen molar-refractivity contribution in [3.8, 4) is 5.75 Å². The van der Waals surface area contributed by atoms with Gasteiger partial charge < -0.3 is 25.0 Å². The number of ether oxygens (including phenoxy) is 2. The highest BCUT2D eigenvalue weighted by Gasteiger charge is 2.28. The molecule has 0 atom stereocenters. The van der Waals surface area contributed by atoms with Gasteiger partial charge in [-0.05, 0) is 45.7 Å². The molecule has 0 saturated carbocycles. The highest BCUT2D eigenvalue weighted by Crippen LogP contribution is 2.27. The van der Waals surface area contributed by atoms with Gasteiger partial charge in [0.05, 0.1) is 24.0 Å². The number of rotatable bonds is 5. The van der Waals surface area contributed by atoms with E-state index in [0.717, 1.165) is 0 Å². The fourth-order valence-corrected chi connectivity index (χ4v) is 3.68. The van der Waals surface area contributed by atoms with Crippen LogP contribution >= 0.6 is 11.6 Å².